The van der Waals surface area contributed by atoms with E-state index >= 15 is 0 Å². The third-order valence-corrected chi connectivity index (χ3v) is 5.19. The number of carbonyl (C=O) groups is 3. The first-order valence-corrected chi connectivity index (χ1v) is 11.4. The largest absolute Gasteiger partial charge is 0.471 e. The molecule has 0 radical (unpaired) electrons. The van der Waals surface area contributed by atoms with E-state index in [4.69, 9.17) is 4.74 Å². The molecule has 0 aromatic carbocycles. The Hall–Kier alpha value is -1.96. The smallest absolute Gasteiger partial charge is 0.444 e. The SMILES string of the molecule is CC(C)(C)OC(=O)N1CCC[C@H](CNC(=O)C(F)(F)F)C1.Cl.O=C(NC[C@H]1CCCNC1)C(F)(F)F. The van der Waals surface area contributed by atoms with Crippen LogP contribution in [0.3, 0.4) is 0 Å². The summed E-state index contributed by atoms with van der Waals surface area (Å²) in [4.78, 5) is 34.6. The van der Waals surface area contributed by atoms with E-state index in [0.29, 0.717) is 25.9 Å². The molecule has 0 spiro atoms. The standard InChI is InChI=1S/C13H21F3N2O3.C8H13F3N2O.ClH/c1-12(2,3)21-11(20)18-6-4-5-9(8-18)7-17-10(19)13(14,15)16;9-8(10,11)7(14)13-5-6-2-1-3-12-4-6;/h9H,4-8H2,1-3H3,(H,17,19);6,12H,1-5H2,(H,13,14);1H/t9-;6-;/m10./s1. The number of ether oxygens (including phenoxy) is 1. The highest BCUT2D eigenvalue weighted by Crippen LogP contribution is 2.20. The summed E-state index contributed by atoms with van der Waals surface area (Å²) in [6.07, 6.45) is -6.96. The first kappa shape index (κ1) is 34.0. The van der Waals surface area contributed by atoms with Gasteiger partial charge >= 0.3 is 30.3 Å². The van der Waals surface area contributed by atoms with E-state index in [2.05, 4.69) is 5.32 Å². The molecule has 15 heteroatoms. The van der Waals surface area contributed by atoms with Crippen molar-refractivity contribution in [3.8, 4) is 0 Å². The van der Waals surface area contributed by atoms with E-state index in [0.717, 1.165) is 19.4 Å². The summed E-state index contributed by atoms with van der Waals surface area (Å²) in [6, 6.07) is 0. The molecule has 212 valence electrons. The van der Waals surface area contributed by atoms with Crippen LogP contribution in [0.25, 0.3) is 0 Å². The Morgan fingerprint density at radius 2 is 1.39 bits per heavy atom. The zero-order chi connectivity index (χ0) is 26.9. The topological polar surface area (TPSA) is 99.8 Å². The first-order chi connectivity index (χ1) is 16.0. The number of amides is 3. The lowest BCUT2D eigenvalue weighted by Crippen LogP contribution is -2.47. The maximum atomic E-state index is 12.1. The highest BCUT2D eigenvalue weighted by molar-refractivity contribution is 5.85. The molecule has 2 atom stereocenters. The molecule has 2 aliphatic heterocycles. The second-order valence-corrected chi connectivity index (χ2v) is 9.56. The van der Waals surface area contributed by atoms with Crippen LogP contribution >= 0.6 is 12.4 Å². The number of halogens is 7. The summed E-state index contributed by atoms with van der Waals surface area (Å²) in [5.41, 5.74) is -0.617. The number of carbonyl (C=O) groups excluding carboxylic acids is 3. The summed E-state index contributed by atoms with van der Waals surface area (Å²) in [5, 5.41) is 6.81. The lowest BCUT2D eigenvalue weighted by Gasteiger charge is -2.34. The average Bonchev–Trinajstić information content (AvgIpc) is 2.74. The van der Waals surface area contributed by atoms with Gasteiger partial charge in [0.1, 0.15) is 5.60 Å². The van der Waals surface area contributed by atoms with Crippen LogP contribution in [0.4, 0.5) is 31.1 Å². The van der Waals surface area contributed by atoms with Gasteiger partial charge in [-0.15, -0.1) is 12.4 Å². The zero-order valence-electron chi connectivity index (χ0n) is 20.5. The van der Waals surface area contributed by atoms with Gasteiger partial charge in [0, 0.05) is 26.2 Å². The first-order valence-electron chi connectivity index (χ1n) is 11.4. The van der Waals surface area contributed by atoms with E-state index < -0.39 is 35.9 Å². The molecule has 2 heterocycles. The molecule has 3 amide bonds. The maximum Gasteiger partial charge on any atom is 0.471 e. The Balaban J connectivity index is 0.000000713. The van der Waals surface area contributed by atoms with Crippen molar-refractivity contribution >= 4 is 30.3 Å². The molecule has 0 aliphatic carbocycles. The van der Waals surface area contributed by atoms with Crippen molar-refractivity contribution in [2.24, 2.45) is 11.8 Å². The van der Waals surface area contributed by atoms with Gasteiger partial charge in [0.15, 0.2) is 0 Å². The Kier molecular flexibility index (Phi) is 13.9. The average molecular weight is 557 g/mol. The van der Waals surface area contributed by atoms with Crippen LogP contribution in [0, 0.1) is 11.8 Å². The molecule has 2 saturated heterocycles. The number of rotatable bonds is 4. The molecule has 2 aliphatic rings. The summed E-state index contributed by atoms with van der Waals surface area (Å²) in [7, 11) is 0. The highest BCUT2D eigenvalue weighted by atomic mass is 35.5. The molecular weight excluding hydrogens is 522 g/mol. The normalized spacial score (nSPS) is 20.8. The van der Waals surface area contributed by atoms with Gasteiger partial charge in [-0.2, -0.15) is 26.3 Å². The van der Waals surface area contributed by atoms with Crippen molar-refractivity contribution in [1.29, 1.82) is 0 Å². The van der Waals surface area contributed by atoms with Crippen LogP contribution in [-0.2, 0) is 14.3 Å². The third-order valence-electron chi connectivity index (χ3n) is 5.19. The minimum Gasteiger partial charge on any atom is -0.444 e. The van der Waals surface area contributed by atoms with E-state index in [1.54, 1.807) is 20.8 Å². The summed E-state index contributed by atoms with van der Waals surface area (Å²) in [6.45, 7) is 7.62. The van der Waals surface area contributed by atoms with E-state index in [1.165, 1.54) is 4.90 Å². The summed E-state index contributed by atoms with van der Waals surface area (Å²) in [5.74, 6) is -3.87. The van der Waals surface area contributed by atoms with Crippen molar-refractivity contribution in [2.75, 3.05) is 39.3 Å². The van der Waals surface area contributed by atoms with Gasteiger partial charge in [0.05, 0.1) is 0 Å². The molecule has 2 rings (SSSR count). The Morgan fingerprint density at radius 1 is 0.889 bits per heavy atom. The van der Waals surface area contributed by atoms with Crippen molar-refractivity contribution in [1.82, 2.24) is 20.9 Å². The Morgan fingerprint density at radius 3 is 1.83 bits per heavy atom. The van der Waals surface area contributed by atoms with E-state index in [9.17, 15) is 40.7 Å². The zero-order valence-corrected chi connectivity index (χ0v) is 21.3. The number of likely N-dealkylation sites (tertiary alicyclic amines) is 1. The van der Waals surface area contributed by atoms with Crippen LogP contribution < -0.4 is 16.0 Å². The van der Waals surface area contributed by atoms with E-state index in [-0.39, 0.29) is 43.9 Å². The minimum absolute atomic E-state index is 0. The fourth-order valence-electron chi connectivity index (χ4n) is 3.50. The molecule has 0 aromatic heterocycles. The highest BCUT2D eigenvalue weighted by Gasteiger charge is 2.39. The fraction of sp³-hybridized carbons (Fsp3) is 0.857. The molecule has 0 bridgehead atoms. The van der Waals surface area contributed by atoms with Crippen LogP contribution in [-0.4, -0.2) is 80.0 Å². The summed E-state index contributed by atoms with van der Waals surface area (Å²) >= 11 is 0. The van der Waals surface area contributed by atoms with Crippen molar-refractivity contribution < 1.29 is 45.5 Å². The second kappa shape index (κ2) is 14.7. The monoisotopic (exact) mass is 556 g/mol. The van der Waals surface area contributed by atoms with Gasteiger partial charge < -0.3 is 25.6 Å². The van der Waals surface area contributed by atoms with Gasteiger partial charge in [-0.05, 0) is 71.4 Å². The number of hydrogen-bond donors (Lipinski definition) is 3. The quantitative estimate of drug-likeness (QED) is 0.461. The minimum atomic E-state index is -4.88. The molecule has 0 aromatic rings. The van der Waals surface area contributed by atoms with Crippen LogP contribution in [0.1, 0.15) is 46.5 Å². The summed E-state index contributed by atoms with van der Waals surface area (Å²) < 4.78 is 76.8. The fourth-order valence-corrected chi connectivity index (χ4v) is 3.50. The lowest BCUT2D eigenvalue weighted by molar-refractivity contribution is -0.173. The van der Waals surface area contributed by atoms with Crippen LogP contribution in [0.2, 0.25) is 0 Å². The van der Waals surface area contributed by atoms with Gasteiger partial charge in [-0.1, -0.05) is 0 Å². The molecular formula is C21H35ClF6N4O4. The molecule has 8 nitrogen and oxygen atoms in total. The van der Waals surface area contributed by atoms with Crippen molar-refractivity contribution in [3.63, 3.8) is 0 Å². The lowest BCUT2D eigenvalue weighted by atomic mass is 9.98. The number of hydrogen-bond acceptors (Lipinski definition) is 5. The van der Waals surface area contributed by atoms with Gasteiger partial charge in [0.2, 0.25) is 0 Å². The van der Waals surface area contributed by atoms with Crippen LogP contribution in [0.15, 0.2) is 0 Å². The predicted molar refractivity (Wildman–Crippen MR) is 122 cm³/mol. The molecule has 2 fully saturated rings. The number of alkyl halides is 6. The van der Waals surface area contributed by atoms with Crippen molar-refractivity contribution in [2.45, 2.75) is 64.4 Å². The van der Waals surface area contributed by atoms with Crippen molar-refractivity contribution in [3.05, 3.63) is 0 Å². The Bertz CT molecular complexity index is 710. The van der Waals surface area contributed by atoms with Gasteiger partial charge in [-0.25, -0.2) is 4.79 Å². The predicted octanol–water partition coefficient (Wildman–Crippen LogP) is 3.40. The van der Waals surface area contributed by atoms with Gasteiger partial charge in [0.25, 0.3) is 0 Å². The number of nitrogens with zero attached hydrogens (tertiary/aromatic N) is 1. The molecule has 0 saturated carbocycles. The second-order valence-electron chi connectivity index (χ2n) is 9.56. The molecule has 0 unspecified atom stereocenters. The van der Waals surface area contributed by atoms with E-state index in [1.807, 2.05) is 10.6 Å². The van der Waals surface area contributed by atoms with Gasteiger partial charge in [-0.3, -0.25) is 9.59 Å². The number of nitrogens with one attached hydrogen (secondary N) is 3. The number of piperidine rings is 2. The molecule has 36 heavy (non-hydrogen) atoms. The Labute approximate surface area is 212 Å². The molecule has 3 N–H and O–H groups in total. The van der Waals surface area contributed by atoms with Crippen LogP contribution in [0.5, 0.6) is 0 Å². The maximum absolute atomic E-state index is 12.1. The third kappa shape index (κ3) is 14.0.